The molecule has 0 spiro atoms. The molecule has 1 saturated heterocycles. The molecule has 0 radical (unpaired) electrons. The molecular formula is C22H31N5O2. The number of ether oxygens (including phenoxy) is 1. The number of benzene rings is 1. The molecule has 1 unspecified atom stereocenters. The molecule has 7 heteroatoms. The van der Waals surface area contributed by atoms with Gasteiger partial charge in [0.2, 0.25) is 5.91 Å². The van der Waals surface area contributed by atoms with Gasteiger partial charge in [0, 0.05) is 63.9 Å². The Balaban J connectivity index is 1.32. The maximum absolute atomic E-state index is 12.9. The molecule has 29 heavy (non-hydrogen) atoms. The van der Waals surface area contributed by atoms with Gasteiger partial charge < -0.3 is 9.64 Å². The fraction of sp³-hybridized carbons (Fsp3) is 0.500. The van der Waals surface area contributed by atoms with E-state index in [0.717, 1.165) is 69.0 Å². The summed E-state index contributed by atoms with van der Waals surface area (Å²) in [4.78, 5) is 20.1. The monoisotopic (exact) mass is 397 g/mol. The van der Waals surface area contributed by atoms with E-state index in [1.165, 1.54) is 0 Å². The highest BCUT2D eigenvalue weighted by Crippen LogP contribution is 2.21. The average molecular weight is 398 g/mol. The molecule has 0 saturated carbocycles. The largest absolute Gasteiger partial charge is 0.497 e. The van der Waals surface area contributed by atoms with Crippen LogP contribution in [0.25, 0.3) is 10.9 Å². The second kappa shape index (κ2) is 8.98. The molecule has 0 aliphatic carbocycles. The van der Waals surface area contributed by atoms with Crippen molar-refractivity contribution in [2.45, 2.75) is 0 Å². The van der Waals surface area contributed by atoms with Crippen LogP contribution >= 0.6 is 0 Å². The van der Waals surface area contributed by atoms with E-state index in [0.29, 0.717) is 0 Å². The van der Waals surface area contributed by atoms with Gasteiger partial charge in [0.1, 0.15) is 5.75 Å². The minimum atomic E-state index is -0.132. The summed E-state index contributed by atoms with van der Waals surface area (Å²) in [6, 6.07) is 7.83. The van der Waals surface area contributed by atoms with Gasteiger partial charge in [0.15, 0.2) is 0 Å². The van der Waals surface area contributed by atoms with Crippen molar-refractivity contribution >= 4 is 16.8 Å². The number of fused-ring (bicyclic) bond motifs is 1. The number of carbonyl (C=O) groups is 1. The van der Waals surface area contributed by atoms with Crippen molar-refractivity contribution < 1.29 is 9.53 Å². The lowest BCUT2D eigenvalue weighted by atomic mass is 10.0. The zero-order valence-corrected chi connectivity index (χ0v) is 17.4. The molecule has 1 aromatic carbocycles. The summed E-state index contributed by atoms with van der Waals surface area (Å²) in [6.45, 7) is 8.31. The van der Waals surface area contributed by atoms with E-state index in [1.54, 1.807) is 11.8 Å². The minimum absolute atomic E-state index is 0.0267. The van der Waals surface area contributed by atoms with Crippen LogP contribution in [0.15, 0.2) is 42.6 Å². The third-order valence-electron chi connectivity index (χ3n) is 5.98. The number of likely N-dealkylation sites (N-methyl/N-ethyl adjacent to an activating group) is 1. The second-order valence-electron chi connectivity index (χ2n) is 8.03. The maximum Gasteiger partial charge on any atom is 0.247 e. The molecule has 1 fully saturated rings. The summed E-state index contributed by atoms with van der Waals surface area (Å²) in [5, 5.41) is 1.04. The lowest BCUT2D eigenvalue weighted by molar-refractivity contribution is -0.120. The van der Waals surface area contributed by atoms with Crippen molar-refractivity contribution in [2.24, 2.45) is 5.92 Å². The van der Waals surface area contributed by atoms with Gasteiger partial charge >= 0.3 is 0 Å². The number of hydrogen-bond acceptors (Lipinski definition) is 5. The van der Waals surface area contributed by atoms with Crippen molar-refractivity contribution in [3.8, 4) is 5.75 Å². The molecule has 3 heterocycles. The first kappa shape index (κ1) is 19.9. The Morgan fingerprint density at radius 3 is 2.72 bits per heavy atom. The lowest BCUT2D eigenvalue weighted by Gasteiger charge is -2.35. The van der Waals surface area contributed by atoms with Crippen LogP contribution in [0.4, 0.5) is 0 Å². The molecule has 2 aliphatic heterocycles. The Hall–Kier alpha value is -2.35. The highest BCUT2D eigenvalue weighted by molar-refractivity contribution is 5.90. The van der Waals surface area contributed by atoms with Gasteiger partial charge in [0.05, 0.1) is 18.5 Å². The molecule has 2 aromatic rings. The first-order valence-electron chi connectivity index (χ1n) is 10.4. The van der Waals surface area contributed by atoms with Crippen molar-refractivity contribution in [1.29, 1.82) is 0 Å². The van der Waals surface area contributed by atoms with Crippen LogP contribution in [0.5, 0.6) is 5.75 Å². The normalized spacial score (nSPS) is 21.5. The predicted molar refractivity (Wildman–Crippen MR) is 116 cm³/mol. The number of amides is 1. The quantitative estimate of drug-likeness (QED) is 0.748. The summed E-state index contributed by atoms with van der Waals surface area (Å²) in [7, 11) is 3.84. The fourth-order valence-corrected chi connectivity index (χ4v) is 4.04. The average Bonchev–Trinajstić information content (AvgIpc) is 3.15. The summed E-state index contributed by atoms with van der Waals surface area (Å²) in [6.07, 6.45) is 6.05. The Kier molecular flexibility index (Phi) is 6.18. The molecule has 2 aliphatic rings. The third kappa shape index (κ3) is 4.80. The van der Waals surface area contributed by atoms with Crippen LogP contribution < -0.4 is 10.2 Å². The molecule has 1 aromatic heterocycles. The van der Waals surface area contributed by atoms with Crippen LogP contribution in [-0.4, -0.2) is 91.8 Å². The highest BCUT2D eigenvalue weighted by atomic mass is 16.5. The van der Waals surface area contributed by atoms with Gasteiger partial charge in [-0.3, -0.25) is 24.7 Å². The van der Waals surface area contributed by atoms with Gasteiger partial charge in [-0.1, -0.05) is 12.2 Å². The fourth-order valence-electron chi connectivity index (χ4n) is 4.04. The first-order chi connectivity index (χ1) is 14.1. The smallest absolute Gasteiger partial charge is 0.247 e. The van der Waals surface area contributed by atoms with Gasteiger partial charge in [0.25, 0.3) is 0 Å². The lowest BCUT2D eigenvalue weighted by Crippen LogP contribution is -2.48. The number of rotatable bonds is 6. The van der Waals surface area contributed by atoms with Crippen molar-refractivity contribution in [3.05, 3.63) is 42.6 Å². The van der Waals surface area contributed by atoms with Gasteiger partial charge in [-0.15, -0.1) is 0 Å². The summed E-state index contributed by atoms with van der Waals surface area (Å²) >= 11 is 0. The molecule has 1 amide bonds. The van der Waals surface area contributed by atoms with E-state index < -0.39 is 0 Å². The topological polar surface area (TPSA) is 53.0 Å². The van der Waals surface area contributed by atoms with Crippen LogP contribution in [0, 0.1) is 5.92 Å². The SMILES string of the molecule is COc1ccc2c(ccn2NC(=O)C2C=CCN(CCN3CCN(C)CC3)C2)c1. The molecule has 7 nitrogen and oxygen atoms in total. The second-order valence-corrected chi connectivity index (χ2v) is 8.03. The summed E-state index contributed by atoms with van der Waals surface area (Å²) in [5.74, 6) is 0.707. The number of aromatic nitrogens is 1. The standard InChI is InChI=1S/C22H31N5O2/c1-24-10-12-25(13-11-24)14-15-26-8-3-4-19(17-26)22(28)23-27-9-7-18-16-20(29-2)5-6-21(18)27/h3-7,9,16,19H,8,10-15,17H2,1-2H3,(H,23,28). The zero-order chi connectivity index (χ0) is 20.2. The molecular weight excluding hydrogens is 366 g/mol. The van der Waals surface area contributed by atoms with Crippen molar-refractivity contribution in [1.82, 2.24) is 19.4 Å². The first-order valence-corrected chi connectivity index (χ1v) is 10.4. The predicted octanol–water partition coefficient (Wildman–Crippen LogP) is 1.46. The Bertz CT molecular complexity index is 869. The van der Waals surface area contributed by atoms with E-state index in [9.17, 15) is 4.79 Å². The molecule has 1 atom stereocenters. The van der Waals surface area contributed by atoms with Crippen LogP contribution in [0.1, 0.15) is 0 Å². The highest BCUT2D eigenvalue weighted by Gasteiger charge is 2.23. The number of nitrogens with zero attached hydrogens (tertiary/aromatic N) is 4. The minimum Gasteiger partial charge on any atom is -0.497 e. The van der Waals surface area contributed by atoms with Gasteiger partial charge in [-0.25, -0.2) is 0 Å². The Morgan fingerprint density at radius 2 is 1.93 bits per heavy atom. The maximum atomic E-state index is 12.9. The van der Waals surface area contributed by atoms with E-state index in [2.05, 4.69) is 33.2 Å². The molecule has 1 N–H and O–H groups in total. The van der Waals surface area contributed by atoms with Crippen LogP contribution in [0.3, 0.4) is 0 Å². The van der Waals surface area contributed by atoms with Crippen molar-refractivity contribution in [3.63, 3.8) is 0 Å². The summed E-state index contributed by atoms with van der Waals surface area (Å²) in [5.41, 5.74) is 4.01. The summed E-state index contributed by atoms with van der Waals surface area (Å²) < 4.78 is 7.07. The number of carbonyl (C=O) groups excluding carboxylic acids is 1. The van der Waals surface area contributed by atoms with Crippen LogP contribution in [0.2, 0.25) is 0 Å². The molecule has 0 bridgehead atoms. The third-order valence-corrected chi connectivity index (χ3v) is 5.98. The van der Waals surface area contributed by atoms with E-state index in [-0.39, 0.29) is 11.8 Å². The number of methoxy groups -OCH3 is 1. The van der Waals surface area contributed by atoms with Crippen LogP contribution in [-0.2, 0) is 4.79 Å². The Morgan fingerprint density at radius 1 is 1.14 bits per heavy atom. The van der Waals surface area contributed by atoms with Gasteiger partial charge in [-0.05, 0) is 31.3 Å². The number of hydrogen-bond donors (Lipinski definition) is 1. The van der Waals surface area contributed by atoms with E-state index >= 15 is 0 Å². The number of nitrogens with one attached hydrogen (secondary N) is 1. The molecule has 156 valence electrons. The van der Waals surface area contributed by atoms with Gasteiger partial charge in [-0.2, -0.15) is 0 Å². The zero-order valence-electron chi connectivity index (χ0n) is 17.4. The number of piperazine rings is 1. The Labute approximate surface area is 172 Å². The van der Waals surface area contributed by atoms with E-state index in [4.69, 9.17) is 4.74 Å². The molecule has 4 rings (SSSR count). The van der Waals surface area contributed by atoms with Crippen molar-refractivity contribution in [2.75, 3.05) is 71.9 Å². The van der Waals surface area contributed by atoms with E-state index in [1.807, 2.05) is 36.5 Å².